The first-order valence-electron chi connectivity index (χ1n) is 7.59. The van der Waals surface area contributed by atoms with Gasteiger partial charge in [0.25, 0.3) is 0 Å². The summed E-state index contributed by atoms with van der Waals surface area (Å²) in [6.45, 7) is 0. The van der Waals surface area contributed by atoms with Crippen LogP contribution in [0.4, 0.5) is 4.39 Å². The van der Waals surface area contributed by atoms with Crippen LogP contribution >= 0.6 is 0 Å². The third kappa shape index (κ3) is 3.04. The molecule has 0 bridgehead atoms. The molecule has 1 heterocycles. The maximum absolute atomic E-state index is 13.2. The Kier molecular flexibility index (Phi) is 4.06. The van der Waals surface area contributed by atoms with Crippen molar-refractivity contribution in [3.8, 4) is 0 Å². The lowest BCUT2D eigenvalue weighted by Gasteiger charge is -2.16. The first-order chi connectivity index (χ1) is 9.72. The SMILES string of the molecule is OC(CC1CCCCCC1)c1cc2cc(F)ccc2o1. The Balaban J connectivity index is 1.72. The van der Waals surface area contributed by atoms with Crippen molar-refractivity contribution in [2.75, 3.05) is 0 Å². The molecule has 2 aromatic rings. The van der Waals surface area contributed by atoms with Crippen LogP contribution in [-0.4, -0.2) is 5.11 Å². The largest absolute Gasteiger partial charge is 0.458 e. The molecule has 1 atom stereocenters. The second-order valence-corrected chi connectivity index (χ2v) is 5.94. The highest BCUT2D eigenvalue weighted by atomic mass is 19.1. The molecule has 3 rings (SSSR count). The van der Waals surface area contributed by atoms with E-state index in [4.69, 9.17) is 4.42 Å². The van der Waals surface area contributed by atoms with Crippen LogP contribution in [0.25, 0.3) is 11.0 Å². The molecule has 3 heteroatoms. The summed E-state index contributed by atoms with van der Waals surface area (Å²) >= 11 is 0. The molecule has 0 amide bonds. The van der Waals surface area contributed by atoms with Crippen molar-refractivity contribution in [2.24, 2.45) is 5.92 Å². The van der Waals surface area contributed by atoms with Gasteiger partial charge in [0.1, 0.15) is 23.3 Å². The van der Waals surface area contributed by atoms with Crippen LogP contribution in [0, 0.1) is 11.7 Å². The first-order valence-corrected chi connectivity index (χ1v) is 7.59. The predicted molar refractivity (Wildman–Crippen MR) is 76.9 cm³/mol. The monoisotopic (exact) mass is 276 g/mol. The van der Waals surface area contributed by atoms with Gasteiger partial charge in [0, 0.05) is 5.39 Å². The van der Waals surface area contributed by atoms with E-state index >= 15 is 0 Å². The Bertz CT molecular complexity index is 567. The normalized spacial score (nSPS) is 19.1. The van der Waals surface area contributed by atoms with Crippen LogP contribution in [-0.2, 0) is 0 Å². The second kappa shape index (κ2) is 5.96. The summed E-state index contributed by atoms with van der Waals surface area (Å²) in [6, 6.07) is 6.21. The van der Waals surface area contributed by atoms with Crippen LogP contribution in [0.15, 0.2) is 28.7 Å². The number of aliphatic hydroxyl groups is 1. The number of hydrogen-bond donors (Lipinski definition) is 1. The molecule has 2 nitrogen and oxygen atoms in total. The standard InChI is InChI=1S/C17H21FO2/c18-14-7-8-16-13(10-14)11-17(20-16)15(19)9-12-5-3-1-2-4-6-12/h7-8,10-12,15,19H,1-6,9H2. The Morgan fingerprint density at radius 2 is 1.90 bits per heavy atom. The van der Waals surface area contributed by atoms with Crippen molar-refractivity contribution < 1.29 is 13.9 Å². The van der Waals surface area contributed by atoms with Crippen molar-refractivity contribution in [1.29, 1.82) is 0 Å². The molecule has 1 aromatic carbocycles. The lowest BCUT2D eigenvalue weighted by molar-refractivity contribution is 0.117. The Hall–Kier alpha value is -1.35. The number of benzene rings is 1. The number of rotatable bonds is 3. The average molecular weight is 276 g/mol. The second-order valence-electron chi connectivity index (χ2n) is 5.94. The molecule has 0 saturated heterocycles. The highest BCUT2D eigenvalue weighted by Crippen LogP contribution is 2.33. The van der Waals surface area contributed by atoms with E-state index in [0.717, 1.165) is 11.8 Å². The molecule has 20 heavy (non-hydrogen) atoms. The fourth-order valence-electron chi connectivity index (χ4n) is 3.23. The van der Waals surface area contributed by atoms with Crippen molar-refractivity contribution >= 4 is 11.0 Å². The summed E-state index contributed by atoms with van der Waals surface area (Å²) in [5.41, 5.74) is 0.640. The van der Waals surface area contributed by atoms with Crippen LogP contribution in [0.3, 0.4) is 0 Å². The molecule has 1 aliphatic carbocycles. The Morgan fingerprint density at radius 1 is 1.15 bits per heavy atom. The van der Waals surface area contributed by atoms with Crippen LogP contribution in [0.5, 0.6) is 0 Å². The lowest BCUT2D eigenvalue weighted by atomic mass is 9.93. The molecule has 1 unspecified atom stereocenters. The van der Waals surface area contributed by atoms with Gasteiger partial charge in [-0.1, -0.05) is 38.5 Å². The molecule has 1 N–H and O–H groups in total. The summed E-state index contributed by atoms with van der Waals surface area (Å²) in [5, 5.41) is 11.1. The van der Waals surface area contributed by atoms with Crippen molar-refractivity contribution in [1.82, 2.24) is 0 Å². The summed E-state index contributed by atoms with van der Waals surface area (Å²) < 4.78 is 18.8. The summed E-state index contributed by atoms with van der Waals surface area (Å²) in [6.07, 6.45) is 7.74. The number of hydrogen-bond acceptors (Lipinski definition) is 2. The minimum absolute atomic E-state index is 0.275. The highest BCUT2D eigenvalue weighted by Gasteiger charge is 2.20. The molecule has 1 aromatic heterocycles. The maximum atomic E-state index is 13.2. The van der Waals surface area contributed by atoms with Gasteiger partial charge in [-0.25, -0.2) is 4.39 Å². The van der Waals surface area contributed by atoms with Crippen molar-refractivity contribution in [3.63, 3.8) is 0 Å². The molecule has 108 valence electrons. The fourth-order valence-corrected chi connectivity index (χ4v) is 3.23. The number of aliphatic hydroxyl groups excluding tert-OH is 1. The summed E-state index contributed by atoms with van der Waals surface area (Å²) in [5.74, 6) is 0.871. The van der Waals surface area contributed by atoms with Gasteiger partial charge in [-0.2, -0.15) is 0 Å². The van der Waals surface area contributed by atoms with E-state index in [2.05, 4.69) is 0 Å². The van der Waals surface area contributed by atoms with Gasteiger partial charge in [-0.3, -0.25) is 0 Å². The maximum Gasteiger partial charge on any atom is 0.134 e. The predicted octanol–water partition coefficient (Wildman–Crippen LogP) is 4.97. The molecule has 0 radical (unpaired) electrons. The topological polar surface area (TPSA) is 33.4 Å². The van der Waals surface area contributed by atoms with Gasteiger partial charge in [0.05, 0.1) is 0 Å². The van der Waals surface area contributed by atoms with Crippen LogP contribution in [0.2, 0.25) is 0 Å². The zero-order valence-corrected chi connectivity index (χ0v) is 11.6. The number of fused-ring (bicyclic) bond motifs is 1. The molecular formula is C17H21FO2. The first kappa shape index (κ1) is 13.6. The Labute approximate surface area is 118 Å². The van der Waals surface area contributed by atoms with Crippen molar-refractivity contribution in [3.05, 3.63) is 35.8 Å². The molecule has 1 aliphatic rings. The lowest BCUT2D eigenvalue weighted by Crippen LogP contribution is -2.06. The minimum atomic E-state index is -0.575. The number of halogens is 1. The van der Waals surface area contributed by atoms with E-state index in [1.807, 2.05) is 0 Å². The van der Waals surface area contributed by atoms with Gasteiger partial charge in [-0.05, 0) is 36.6 Å². The Morgan fingerprint density at radius 3 is 2.65 bits per heavy atom. The summed E-state index contributed by atoms with van der Waals surface area (Å²) in [4.78, 5) is 0. The highest BCUT2D eigenvalue weighted by molar-refractivity contribution is 5.77. The van der Waals surface area contributed by atoms with Crippen LogP contribution in [0.1, 0.15) is 56.8 Å². The number of furan rings is 1. The van der Waals surface area contributed by atoms with Gasteiger partial charge in [-0.15, -0.1) is 0 Å². The molecule has 1 saturated carbocycles. The van der Waals surface area contributed by atoms with E-state index in [-0.39, 0.29) is 5.82 Å². The minimum Gasteiger partial charge on any atom is -0.458 e. The van der Waals surface area contributed by atoms with E-state index in [9.17, 15) is 9.50 Å². The van der Waals surface area contributed by atoms with E-state index in [1.165, 1.54) is 50.7 Å². The summed E-state index contributed by atoms with van der Waals surface area (Å²) in [7, 11) is 0. The molecular weight excluding hydrogens is 255 g/mol. The van der Waals surface area contributed by atoms with Crippen molar-refractivity contribution in [2.45, 2.75) is 51.0 Å². The third-order valence-electron chi connectivity index (χ3n) is 4.36. The van der Waals surface area contributed by atoms with Gasteiger partial charge in [0.15, 0.2) is 0 Å². The quantitative estimate of drug-likeness (QED) is 0.803. The zero-order chi connectivity index (χ0) is 13.9. The smallest absolute Gasteiger partial charge is 0.134 e. The van der Waals surface area contributed by atoms with Gasteiger partial charge >= 0.3 is 0 Å². The molecule has 1 fully saturated rings. The third-order valence-corrected chi connectivity index (χ3v) is 4.36. The van der Waals surface area contributed by atoms with Gasteiger partial charge in [0.2, 0.25) is 0 Å². The van der Waals surface area contributed by atoms with E-state index in [0.29, 0.717) is 17.3 Å². The van der Waals surface area contributed by atoms with Gasteiger partial charge < -0.3 is 9.52 Å². The fraction of sp³-hybridized carbons (Fsp3) is 0.529. The van der Waals surface area contributed by atoms with Crippen LogP contribution < -0.4 is 0 Å². The molecule has 0 aliphatic heterocycles. The zero-order valence-electron chi connectivity index (χ0n) is 11.6. The molecule has 0 spiro atoms. The van der Waals surface area contributed by atoms with E-state index < -0.39 is 6.10 Å². The average Bonchev–Trinajstić information content (AvgIpc) is 2.68. The van der Waals surface area contributed by atoms with E-state index in [1.54, 1.807) is 12.1 Å².